The van der Waals surface area contributed by atoms with Gasteiger partial charge < -0.3 is 9.64 Å². The molecule has 0 spiro atoms. The molecule has 1 aliphatic rings. The second-order valence-electron chi connectivity index (χ2n) is 7.91. The maximum Gasteiger partial charge on any atom is 0.231 e. The number of hydrogen-bond acceptors (Lipinski definition) is 4. The molecule has 1 fully saturated rings. The zero-order valence-electron chi connectivity index (χ0n) is 17.2. The van der Waals surface area contributed by atoms with E-state index in [9.17, 15) is 8.42 Å². The monoisotopic (exact) mass is 436 g/mol. The van der Waals surface area contributed by atoms with E-state index in [0.29, 0.717) is 24.1 Å². The Hall–Kier alpha value is -1.76. The number of halogens is 1. The van der Waals surface area contributed by atoms with Crippen LogP contribution in [0.5, 0.6) is 5.75 Å². The van der Waals surface area contributed by atoms with Crippen molar-refractivity contribution in [2.75, 3.05) is 43.8 Å². The van der Waals surface area contributed by atoms with Crippen molar-refractivity contribution in [2.45, 2.75) is 13.3 Å². The smallest absolute Gasteiger partial charge is 0.231 e. The number of hydrogen-bond donors (Lipinski definition) is 0. The van der Waals surface area contributed by atoms with Crippen molar-refractivity contribution in [1.29, 1.82) is 0 Å². The summed E-state index contributed by atoms with van der Waals surface area (Å²) in [6.07, 6.45) is 2.19. The van der Waals surface area contributed by atoms with Crippen LogP contribution in [0.2, 0.25) is 5.02 Å². The van der Waals surface area contributed by atoms with E-state index >= 15 is 0 Å². The first-order valence-corrected chi connectivity index (χ1v) is 12.1. The van der Waals surface area contributed by atoms with Crippen LogP contribution in [-0.4, -0.2) is 52.9 Å². The van der Waals surface area contributed by atoms with Gasteiger partial charge >= 0.3 is 0 Å². The highest BCUT2D eigenvalue weighted by atomic mass is 35.5. The molecule has 2 aromatic rings. The van der Waals surface area contributed by atoms with Gasteiger partial charge in [0.1, 0.15) is 5.75 Å². The van der Waals surface area contributed by atoms with Crippen molar-refractivity contribution in [3.05, 3.63) is 59.1 Å². The van der Waals surface area contributed by atoms with Gasteiger partial charge in [-0.25, -0.2) is 8.42 Å². The van der Waals surface area contributed by atoms with Gasteiger partial charge in [0.25, 0.3) is 0 Å². The molecule has 1 saturated heterocycles. The number of benzene rings is 2. The lowest BCUT2D eigenvalue weighted by Gasteiger charge is -2.18. The normalized spacial score (nSPS) is 20.0. The molecule has 5 nitrogen and oxygen atoms in total. The largest absolute Gasteiger partial charge is 0.493 e. The average Bonchev–Trinajstić information content (AvgIpc) is 3.03. The molecular formula is C22H29ClN2O3S. The van der Waals surface area contributed by atoms with Crippen LogP contribution in [0.15, 0.2) is 48.5 Å². The van der Waals surface area contributed by atoms with Crippen molar-refractivity contribution in [1.82, 2.24) is 4.90 Å². The molecule has 0 aromatic heterocycles. The topological polar surface area (TPSA) is 49.9 Å². The standard InChI is InChI=1S/C22H29ClN2O3S/c1-17-14-25(12-11-18-5-4-6-20(23)13-18)15-19(17)16-28-22-9-7-21(8-10-22)24(2)29(3,26)27/h4-10,13,17,19H,11-12,14-16H2,1-3H3/t17-,19+/m1/s1. The molecule has 0 amide bonds. The van der Waals surface area contributed by atoms with E-state index in [0.717, 1.165) is 36.8 Å². The Morgan fingerprint density at radius 1 is 1.17 bits per heavy atom. The van der Waals surface area contributed by atoms with Crippen LogP contribution in [-0.2, 0) is 16.4 Å². The fraction of sp³-hybridized carbons (Fsp3) is 0.455. The molecule has 0 aliphatic carbocycles. The van der Waals surface area contributed by atoms with Crippen molar-refractivity contribution in [2.24, 2.45) is 11.8 Å². The van der Waals surface area contributed by atoms with Gasteiger partial charge in [-0.2, -0.15) is 0 Å². The minimum atomic E-state index is -3.26. The molecule has 2 atom stereocenters. The van der Waals surface area contributed by atoms with Crippen LogP contribution < -0.4 is 9.04 Å². The number of ether oxygens (including phenoxy) is 1. The molecule has 2 aromatic carbocycles. The molecular weight excluding hydrogens is 408 g/mol. The lowest BCUT2D eigenvalue weighted by Crippen LogP contribution is -2.25. The molecule has 158 valence electrons. The molecule has 0 bridgehead atoms. The minimum Gasteiger partial charge on any atom is -0.493 e. The third-order valence-electron chi connectivity index (χ3n) is 5.61. The molecule has 0 unspecified atom stereocenters. The van der Waals surface area contributed by atoms with Gasteiger partial charge in [0.2, 0.25) is 10.0 Å². The van der Waals surface area contributed by atoms with E-state index in [2.05, 4.69) is 17.9 Å². The van der Waals surface area contributed by atoms with Gasteiger partial charge in [-0.3, -0.25) is 4.31 Å². The molecule has 7 heteroatoms. The summed E-state index contributed by atoms with van der Waals surface area (Å²) < 4.78 is 30.5. The Labute approximate surface area is 179 Å². The van der Waals surface area contributed by atoms with Gasteiger partial charge in [-0.05, 0) is 54.3 Å². The highest BCUT2D eigenvalue weighted by Crippen LogP contribution is 2.26. The molecule has 1 heterocycles. The van der Waals surface area contributed by atoms with Crippen LogP contribution in [0, 0.1) is 11.8 Å². The Kier molecular flexibility index (Phi) is 7.09. The van der Waals surface area contributed by atoms with E-state index < -0.39 is 10.0 Å². The number of sulfonamides is 1. The SMILES string of the molecule is C[C@@H]1CN(CCc2cccc(Cl)c2)C[C@H]1COc1ccc(N(C)S(C)(=O)=O)cc1. The summed E-state index contributed by atoms with van der Waals surface area (Å²) in [5, 5.41) is 0.789. The number of nitrogens with zero attached hydrogens (tertiary/aromatic N) is 2. The fourth-order valence-electron chi connectivity index (χ4n) is 3.67. The van der Waals surface area contributed by atoms with E-state index in [4.69, 9.17) is 16.3 Å². The zero-order chi connectivity index (χ0) is 21.0. The molecule has 0 saturated carbocycles. The highest BCUT2D eigenvalue weighted by molar-refractivity contribution is 7.92. The molecule has 0 radical (unpaired) electrons. The number of anilines is 1. The lowest BCUT2D eigenvalue weighted by molar-refractivity contribution is 0.225. The van der Waals surface area contributed by atoms with Crippen molar-refractivity contribution >= 4 is 27.3 Å². The second-order valence-corrected chi connectivity index (χ2v) is 10.4. The molecule has 3 rings (SSSR count). The molecule has 29 heavy (non-hydrogen) atoms. The van der Waals surface area contributed by atoms with Crippen LogP contribution in [0.25, 0.3) is 0 Å². The predicted octanol–water partition coefficient (Wildman–Crippen LogP) is 3.93. The van der Waals surface area contributed by atoms with Gasteiger partial charge in [0, 0.05) is 37.6 Å². The third kappa shape index (κ3) is 6.11. The summed E-state index contributed by atoms with van der Waals surface area (Å²) in [5.41, 5.74) is 1.89. The maximum atomic E-state index is 11.6. The zero-order valence-corrected chi connectivity index (χ0v) is 18.8. The van der Waals surface area contributed by atoms with Crippen LogP contribution in [0.3, 0.4) is 0 Å². The first-order valence-electron chi connectivity index (χ1n) is 9.86. The Morgan fingerprint density at radius 3 is 2.55 bits per heavy atom. The Morgan fingerprint density at radius 2 is 1.90 bits per heavy atom. The lowest BCUT2D eigenvalue weighted by atomic mass is 9.99. The fourth-order valence-corrected chi connectivity index (χ4v) is 4.39. The molecule has 1 aliphatic heterocycles. The summed E-state index contributed by atoms with van der Waals surface area (Å²) in [6, 6.07) is 15.3. The summed E-state index contributed by atoms with van der Waals surface area (Å²) in [4.78, 5) is 2.49. The van der Waals surface area contributed by atoms with Crippen molar-refractivity contribution < 1.29 is 13.2 Å². The Balaban J connectivity index is 1.48. The van der Waals surface area contributed by atoms with Crippen molar-refractivity contribution in [3.63, 3.8) is 0 Å². The first-order chi connectivity index (χ1) is 13.7. The second kappa shape index (κ2) is 9.37. The third-order valence-corrected chi connectivity index (χ3v) is 7.05. The van der Waals surface area contributed by atoms with Crippen LogP contribution in [0.4, 0.5) is 5.69 Å². The summed E-state index contributed by atoms with van der Waals surface area (Å²) in [7, 11) is -1.71. The highest BCUT2D eigenvalue weighted by Gasteiger charge is 2.29. The quantitative estimate of drug-likeness (QED) is 0.629. The maximum absolute atomic E-state index is 11.6. The van der Waals surface area contributed by atoms with Gasteiger partial charge in [0.05, 0.1) is 18.6 Å². The van der Waals surface area contributed by atoms with E-state index in [1.165, 1.54) is 16.1 Å². The molecule has 0 N–H and O–H groups in total. The number of likely N-dealkylation sites (tertiary alicyclic amines) is 1. The number of rotatable bonds is 8. The van der Waals surface area contributed by atoms with E-state index in [1.54, 1.807) is 19.2 Å². The van der Waals surface area contributed by atoms with Gasteiger partial charge in [-0.1, -0.05) is 30.7 Å². The first kappa shape index (κ1) is 21.9. The van der Waals surface area contributed by atoms with Crippen molar-refractivity contribution in [3.8, 4) is 5.75 Å². The Bertz CT molecular complexity index is 918. The summed E-state index contributed by atoms with van der Waals surface area (Å²) >= 11 is 6.07. The van der Waals surface area contributed by atoms with E-state index in [-0.39, 0.29) is 0 Å². The predicted molar refractivity (Wildman–Crippen MR) is 119 cm³/mol. The summed E-state index contributed by atoms with van der Waals surface area (Å²) in [6.45, 7) is 6.06. The van der Waals surface area contributed by atoms with Crippen LogP contribution >= 0.6 is 11.6 Å². The summed E-state index contributed by atoms with van der Waals surface area (Å²) in [5.74, 6) is 1.82. The van der Waals surface area contributed by atoms with E-state index in [1.807, 2.05) is 30.3 Å². The van der Waals surface area contributed by atoms with Gasteiger partial charge in [-0.15, -0.1) is 0 Å². The van der Waals surface area contributed by atoms with Gasteiger partial charge in [0.15, 0.2) is 0 Å². The average molecular weight is 437 g/mol. The van der Waals surface area contributed by atoms with Crippen LogP contribution in [0.1, 0.15) is 12.5 Å². The minimum absolute atomic E-state index is 0.479.